The molecule has 29 heavy (non-hydrogen) atoms. The molecule has 1 fully saturated rings. The third-order valence-electron chi connectivity index (χ3n) is 5.39. The number of guanidine groups is 1. The SMILES string of the molecule is COc1ccc(C2C=NC(Nc3ccc(CCN4CCOCC4)cc3)=NC2)cc1. The Bertz CT molecular complexity index is 840. The Morgan fingerprint density at radius 2 is 1.83 bits per heavy atom. The minimum absolute atomic E-state index is 0.203. The van der Waals surface area contributed by atoms with Gasteiger partial charge in [-0.2, -0.15) is 0 Å². The highest BCUT2D eigenvalue weighted by Crippen LogP contribution is 2.21. The van der Waals surface area contributed by atoms with Crippen molar-refractivity contribution in [2.75, 3.05) is 51.8 Å². The summed E-state index contributed by atoms with van der Waals surface area (Å²) in [4.78, 5) is 11.6. The van der Waals surface area contributed by atoms with E-state index >= 15 is 0 Å². The van der Waals surface area contributed by atoms with Gasteiger partial charge in [0.1, 0.15) is 5.75 Å². The van der Waals surface area contributed by atoms with Crippen molar-refractivity contribution < 1.29 is 9.47 Å². The largest absolute Gasteiger partial charge is 0.497 e. The van der Waals surface area contributed by atoms with Crippen LogP contribution >= 0.6 is 0 Å². The molecular weight excluding hydrogens is 364 g/mol. The highest BCUT2D eigenvalue weighted by molar-refractivity contribution is 6.00. The van der Waals surface area contributed by atoms with Crippen LogP contribution in [0.25, 0.3) is 0 Å². The normalized spacial score (nSPS) is 19.6. The molecule has 6 heteroatoms. The number of rotatable bonds is 6. The van der Waals surface area contributed by atoms with E-state index in [-0.39, 0.29) is 5.92 Å². The topological polar surface area (TPSA) is 58.5 Å². The van der Waals surface area contributed by atoms with E-state index in [2.05, 4.69) is 56.6 Å². The van der Waals surface area contributed by atoms with Crippen LogP contribution < -0.4 is 10.1 Å². The predicted molar refractivity (Wildman–Crippen MR) is 118 cm³/mol. The second-order valence-electron chi connectivity index (χ2n) is 7.35. The molecule has 2 aromatic carbocycles. The van der Waals surface area contributed by atoms with Crippen molar-refractivity contribution in [1.29, 1.82) is 0 Å². The Morgan fingerprint density at radius 1 is 1.07 bits per heavy atom. The van der Waals surface area contributed by atoms with E-state index < -0.39 is 0 Å². The van der Waals surface area contributed by atoms with Crippen LogP contribution in [0.2, 0.25) is 0 Å². The summed E-state index contributed by atoms with van der Waals surface area (Å²) in [5.74, 6) is 1.73. The number of ether oxygens (including phenoxy) is 2. The van der Waals surface area contributed by atoms with Crippen LogP contribution in [0.15, 0.2) is 58.5 Å². The average molecular weight is 393 g/mol. The second-order valence-corrected chi connectivity index (χ2v) is 7.35. The van der Waals surface area contributed by atoms with Gasteiger partial charge in [-0.3, -0.25) is 9.89 Å². The fourth-order valence-corrected chi connectivity index (χ4v) is 3.54. The van der Waals surface area contributed by atoms with Gasteiger partial charge in [-0.05, 0) is 41.8 Å². The summed E-state index contributed by atoms with van der Waals surface area (Å²) in [7, 11) is 1.68. The van der Waals surface area contributed by atoms with Gasteiger partial charge in [-0.25, -0.2) is 4.99 Å². The van der Waals surface area contributed by atoms with Crippen LogP contribution in [0, 0.1) is 0 Å². The van der Waals surface area contributed by atoms with Crippen molar-refractivity contribution in [3.05, 3.63) is 59.7 Å². The maximum absolute atomic E-state index is 5.40. The molecule has 0 radical (unpaired) electrons. The number of benzene rings is 2. The number of anilines is 1. The maximum Gasteiger partial charge on any atom is 0.222 e. The molecule has 2 heterocycles. The van der Waals surface area contributed by atoms with Crippen molar-refractivity contribution in [2.24, 2.45) is 9.98 Å². The Kier molecular flexibility index (Phi) is 6.54. The Morgan fingerprint density at radius 3 is 2.48 bits per heavy atom. The first-order valence-corrected chi connectivity index (χ1v) is 10.2. The number of hydrogen-bond acceptors (Lipinski definition) is 6. The van der Waals surface area contributed by atoms with Crippen LogP contribution in [0.3, 0.4) is 0 Å². The fraction of sp³-hybridized carbons (Fsp3) is 0.391. The van der Waals surface area contributed by atoms with Gasteiger partial charge in [0.25, 0.3) is 0 Å². The molecular formula is C23H28N4O2. The lowest BCUT2D eigenvalue weighted by Gasteiger charge is -2.26. The predicted octanol–water partition coefficient (Wildman–Crippen LogP) is 3.21. The van der Waals surface area contributed by atoms with Gasteiger partial charge in [0.2, 0.25) is 5.96 Å². The van der Waals surface area contributed by atoms with E-state index in [1.807, 2.05) is 18.3 Å². The summed E-state index contributed by atoms with van der Waals surface area (Å²) in [5, 5.41) is 3.31. The summed E-state index contributed by atoms with van der Waals surface area (Å²) in [6.07, 6.45) is 3.02. The van der Waals surface area contributed by atoms with Gasteiger partial charge < -0.3 is 14.8 Å². The number of methoxy groups -OCH3 is 1. The van der Waals surface area contributed by atoms with Gasteiger partial charge in [-0.1, -0.05) is 24.3 Å². The molecule has 2 aliphatic rings. The summed E-state index contributed by atoms with van der Waals surface area (Å²) < 4.78 is 10.6. The van der Waals surface area contributed by atoms with Crippen LogP contribution in [-0.2, 0) is 11.2 Å². The Hall–Kier alpha value is -2.70. The number of morpholine rings is 1. The Labute approximate surface area is 172 Å². The highest BCUT2D eigenvalue weighted by atomic mass is 16.5. The number of nitrogens with zero attached hydrogens (tertiary/aromatic N) is 3. The van der Waals surface area contributed by atoms with Gasteiger partial charge in [-0.15, -0.1) is 0 Å². The Balaban J connectivity index is 1.27. The molecule has 0 saturated carbocycles. The number of aliphatic imine (C=N–C) groups is 2. The third kappa shape index (κ3) is 5.43. The minimum Gasteiger partial charge on any atom is -0.497 e. The van der Waals surface area contributed by atoms with Crippen molar-refractivity contribution in [2.45, 2.75) is 12.3 Å². The first-order valence-electron chi connectivity index (χ1n) is 10.2. The summed E-state index contributed by atoms with van der Waals surface area (Å²) in [6, 6.07) is 16.6. The van der Waals surface area contributed by atoms with Crippen LogP contribution in [0.4, 0.5) is 5.69 Å². The van der Waals surface area contributed by atoms with E-state index in [0.29, 0.717) is 12.5 Å². The molecule has 1 saturated heterocycles. The molecule has 152 valence electrons. The van der Waals surface area contributed by atoms with Crippen LogP contribution in [-0.4, -0.2) is 63.6 Å². The smallest absolute Gasteiger partial charge is 0.222 e. The number of hydrogen-bond donors (Lipinski definition) is 1. The van der Waals surface area contributed by atoms with Crippen molar-refractivity contribution in [3.8, 4) is 5.75 Å². The first-order chi connectivity index (χ1) is 14.3. The lowest BCUT2D eigenvalue weighted by Crippen LogP contribution is -2.37. The monoisotopic (exact) mass is 392 g/mol. The van der Waals surface area contributed by atoms with Gasteiger partial charge >= 0.3 is 0 Å². The third-order valence-corrected chi connectivity index (χ3v) is 5.39. The van der Waals surface area contributed by atoms with Crippen molar-refractivity contribution in [3.63, 3.8) is 0 Å². The van der Waals surface area contributed by atoms with Crippen molar-refractivity contribution in [1.82, 2.24) is 4.90 Å². The molecule has 0 aromatic heterocycles. The lowest BCUT2D eigenvalue weighted by molar-refractivity contribution is 0.0384. The summed E-state index contributed by atoms with van der Waals surface area (Å²) >= 11 is 0. The molecule has 2 aromatic rings. The molecule has 4 rings (SSSR count). The van der Waals surface area contributed by atoms with E-state index in [9.17, 15) is 0 Å². The number of nitrogens with one attached hydrogen (secondary N) is 1. The molecule has 0 aliphatic carbocycles. The minimum atomic E-state index is 0.203. The molecule has 1 N–H and O–H groups in total. The zero-order valence-corrected chi connectivity index (χ0v) is 16.9. The average Bonchev–Trinajstić information content (AvgIpc) is 2.80. The molecule has 2 aliphatic heterocycles. The summed E-state index contributed by atoms with van der Waals surface area (Å²) in [5.41, 5.74) is 3.55. The quantitative estimate of drug-likeness (QED) is 0.820. The molecule has 1 atom stereocenters. The van der Waals surface area contributed by atoms with Gasteiger partial charge in [0.15, 0.2) is 0 Å². The fourth-order valence-electron chi connectivity index (χ4n) is 3.54. The second kappa shape index (κ2) is 9.67. The van der Waals surface area contributed by atoms with E-state index in [4.69, 9.17) is 9.47 Å². The zero-order valence-electron chi connectivity index (χ0n) is 16.9. The molecule has 0 spiro atoms. The maximum atomic E-state index is 5.40. The molecule has 0 amide bonds. The highest BCUT2D eigenvalue weighted by Gasteiger charge is 2.14. The van der Waals surface area contributed by atoms with Gasteiger partial charge in [0, 0.05) is 37.5 Å². The van der Waals surface area contributed by atoms with E-state index in [1.54, 1.807) is 7.11 Å². The molecule has 6 nitrogen and oxygen atoms in total. The lowest BCUT2D eigenvalue weighted by atomic mass is 10.00. The summed E-state index contributed by atoms with van der Waals surface area (Å²) in [6.45, 7) is 5.55. The van der Waals surface area contributed by atoms with Crippen LogP contribution in [0.5, 0.6) is 5.75 Å². The van der Waals surface area contributed by atoms with E-state index in [0.717, 1.165) is 50.7 Å². The van der Waals surface area contributed by atoms with Crippen molar-refractivity contribution >= 4 is 17.9 Å². The molecule has 1 unspecified atom stereocenters. The van der Waals surface area contributed by atoms with Crippen LogP contribution in [0.1, 0.15) is 17.0 Å². The first kappa shape index (κ1) is 19.6. The zero-order chi connectivity index (χ0) is 19.9. The molecule has 0 bridgehead atoms. The standard InChI is InChI=1S/C23H28N4O2/c1-28-22-8-4-19(5-9-22)20-16-24-23(25-17-20)26-21-6-2-18(3-7-21)10-11-27-12-14-29-15-13-27/h2-9,16,20H,10-15,17H2,1H3,(H,25,26). The van der Waals surface area contributed by atoms with Gasteiger partial charge in [0.05, 0.1) is 26.9 Å². The van der Waals surface area contributed by atoms with E-state index in [1.165, 1.54) is 11.1 Å².